The quantitative estimate of drug-likeness (QED) is 0.472. The van der Waals surface area contributed by atoms with Crippen molar-refractivity contribution in [3.63, 3.8) is 0 Å². The monoisotopic (exact) mass is 134 g/mol. The van der Waals surface area contributed by atoms with Crippen LogP contribution in [0.2, 0.25) is 0 Å². The molecule has 1 fully saturated rings. The number of rotatable bonds is 0. The van der Waals surface area contributed by atoms with Gasteiger partial charge in [-0.05, 0) is 25.9 Å². The van der Waals surface area contributed by atoms with Crippen molar-refractivity contribution in [1.29, 1.82) is 0 Å². The molecule has 0 aromatic carbocycles. The molecule has 0 aromatic heterocycles. The van der Waals surface area contributed by atoms with Gasteiger partial charge in [0.15, 0.2) is 0 Å². The maximum absolute atomic E-state index is 3.22. The van der Waals surface area contributed by atoms with E-state index in [0.717, 1.165) is 0 Å². The van der Waals surface area contributed by atoms with Gasteiger partial charge in [0.25, 0.3) is 0 Å². The van der Waals surface area contributed by atoms with E-state index in [1.807, 2.05) is 0 Å². The van der Waals surface area contributed by atoms with E-state index in [2.05, 4.69) is 5.32 Å². The predicted octanol–water partition coefficient (Wildman–Crippen LogP) is 0.367. The molecule has 0 saturated carbocycles. The van der Waals surface area contributed by atoms with Gasteiger partial charge in [-0.15, -0.1) is 0 Å². The smallest absolute Gasteiger partial charge is 0 e. The summed E-state index contributed by atoms with van der Waals surface area (Å²) < 4.78 is 0. The molecule has 0 spiro atoms. The average Bonchev–Trinajstić information content (AvgIpc) is 1.76. The van der Waals surface area contributed by atoms with Crippen molar-refractivity contribution in [1.82, 2.24) is 5.32 Å². The van der Waals surface area contributed by atoms with E-state index in [-0.39, 0.29) is 17.1 Å². The van der Waals surface area contributed by atoms with E-state index in [1.165, 1.54) is 25.9 Å². The zero-order valence-corrected chi connectivity index (χ0v) is 4.57. The van der Waals surface area contributed by atoms with Gasteiger partial charge in [0.1, 0.15) is 0 Å². The minimum absolute atomic E-state index is 0. The fourth-order valence-corrected chi connectivity index (χ4v) is 0.625. The van der Waals surface area contributed by atoms with E-state index >= 15 is 0 Å². The third-order valence-electron chi connectivity index (χ3n) is 0.957. The van der Waals surface area contributed by atoms with Gasteiger partial charge in [-0.2, -0.15) is 0 Å². The molecule has 1 N–H and O–H groups in total. The van der Waals surface area contributed by atoms with Gasteiger partial charge in [0, 0.05) is 17.1 Å². The second kappa shape index (κ2) is 3.66. The standard InChI is InChI=1S/C4H9N.Cu/c1-2-4-5-3-1;/h5H,1-4H2;. The Kier molecular flexibility index (Phi) is 3.95. The van der Waals surface area contributed by atoms with Gasteiger partial charge in [-0.3, -0.25) is 0 Å². The number of nitrogens with one attached hydrogen (secondary N) is 1. The second-order valence-electron chi connectivity index (χ2n) is 1.46. The van der Waals surface area contributed by atoms with Crippen molar-refractivity contribution in [3.8, 4) is 0 Å². The first-order valence-electron chi connectivity index (χ1n) is 2.21. The molecule has 0 aliphatic carbocycles. The van der Waals surface area contributed by atoms with E-state index < -0.39 is 0 Å². The summed E-state index contributed by atoms with van der Waals surface area (Å²) in [5.41, 5.74) is 0. The predicted molar refractivity (Wildman–Crippen MR) is 22.1 cm³/mol. The Morgan fingerprint density at radius 1 is 1.00 bits per heavy atom. The Bertz CT molecular complexity index is 19.1. The van der Waals surface area contributed by atoms with Gasteiger partial charge in [0.2, 0.25) is 0 Å². The summed E-state index contributed by atoms with van der Waals surface area (Å²) >= 11 is 0. The summed E-state index contributed by atoms with van der Waals surface area (Å²) in [7, 11) is 0. The molecule has 0 atom stereocenters. The average molecular weight is 135 g/mol. The molecule has 6 heavy (non-hydrogen) atoms. The summed E-state index contributed by atoms with van der Waals surface area (Å²) in [6, 6.07) is 0. The minimum Gasteiger partial charge on any atom is -0.317 e. The van der Waals surface area contributed by atoms with Crippen LogP contribution in [0.3, 0.4) is 0 Å². The van der Waals surface area contributed by atoms with E-state index in [4.69, 9.17) is 0 Å². The normalized spacial score (nSPS) is 20.0. The van der Waals surface area contributed by atoms with Crippen molar-refractivity contribution in [2.75, 3.05) is 13.1 Å². The van der Waals surface area contributed by atoms with Crippen molar-refractivity contribution < 1.29 is 17.1 Å². The molecule has 1 heterocycles. The molecule has 2 heteroatoms. The van der Waals surface area contributed by atoms with Gasteiger partial charge < -0.3 is 5.32 Å². The van der Waals surface area contributed by atoms with Crippen molar-refractivity contribution in [3.05, 3.63) is 0 Å². The third-order valence-corrected chi connectivity index (χ3v) is 0.957. The first-order valence-corrected chi connectivity index (χ1v) is 2.21. The van der Waals surface area contributed by atoms with Crippen LogP contribution in [0.5, 0.6) is 0 Å². The van der Waals surface area contributed by atoms with Crippen LogP contribution in [-0.2, 0) is 17.1 Å². The molecular weight excluding hydrogens is 126 g/mol. The topological polar surface area (TPSA) is 12.0 Å². The van der Waals surface area contributed by atoms with Gasteiger partial charge in [-0.25, -0.2) is 0 Å². The molecule has 1 aliphatic rings. The Hall–Kier alpha value is 0.479. The fourth-order valence-electron chi connectivity index (χ4n) is 0.625. The van der Waals surface area contributed by atoms with Crippen molar-refractivity contribution >= 4 is 0 Å². The maximum atomic E-state index is 3.22. The molecule has 1 saturated heterocycles. The first-order chi connectivity index (χ1) is 2.50. The van der Waals surface area contributed by atoms with Crippen LogP contribution >= 0.6 is 0 Å². The Morgan fingerprint density at radius 3 is 1.67 bits per heavy atom. The Morgan fingerprint density at radius 2 is 1.50 bits per heavy atom. The van der Waals surface area contributed by atoms with Gasteiger partial charge in [-0.1, -0.05) is 0 Å². The zero-order chi connectivity index (χ0) is 3.54. The van der Waals surface area contributed by atoms with Crippen LogP contribution in [-0.4, -0.2) is 13.1 Å². The van der Waals surface area contributed by atoms with Gasteiger partial charge in [0.05, 0.1) is 0 Å². The Balaban J connectivity index is 0.000000250. The first kappa shape index (κ1) is 6.48. The number of hydrogen-bond donors (Lipinski definition) is 1. The van der Waals surface area contributed by atoms with Crippen LogP contribution in [0.15, 0.2) is 0 Å². The molecule has 0 amide bonds. The molecule has 0 aromatic rings. The molecule has 1 radical (unpaired) electrons. The van der Waals surface area contributed by atoms with Crippen molar-refractivity contribution in [2.24, 2.45) is 0 Å². The molecule has 1 nitrogen and oxygen atoms in total. The van der Waals surface area contributed by atoms with Crippen LogP contribution < -0.4 is 5.32 Å². The summed E-state index contributed by atoms with van der Waals surface area (Å²) in [6.45, 7) is 2.50. The maximum Gasteiger partial charge on any atom is 0 e. The Labute approximate surface area is 49.0 Å². The third kappa shape index (κ3) is 1.81. The molecule has 1 aliphatic heterocycles. The molecule has 1 rings (SSSR count). The minimum atomic E-state index is 0. The van der Waals surface area contributed by atoms with Crippen LogP contribution in [0, 0.1) is 0 Å². The largest absolute Gasteiger partial charge is 0.317 e. The summed E-state index contributed by atoms with van der Waals surface area (Å²) in [5.74, 6) is 0. The van der Waals surface area contributed by atoms with Crippen LogP contribution in [0.4, 0.5) is 0 Å². The molecule has 0 bridgehead atoms. The van der Waals surface area contributed by atoms with E-state index in [9.17, 15) is 0 Å². The summed E-state index contributed by atoms with van der Waals surface area (Å²) in [5, 5.41) is 3.22. The SMILES string of the molecule is C1CCNC1.[Cu]. The van der Waals surface area contributed by atoms with Gasteiger partial charge >= 0.3 is 0 Å². The van der Waals surface area contributed by atoms with E-state index in [0.29, 0.717) is 0 Å². The fraction of sp³-hybridized carbons (Fsp3) is 1.00. The summed E-state index contributed by atoms with van der Waals surface area (Å²) in [4.78, 5) is 0. The van der Waals surface area contributed by atoms with Crippen LogP contribution in [0.25, 0.3) is 0 Å². The molecule has 41 valence electrons. The van der Waals surface area contributed by atoms with Crippen molar-refractivity contribution in [2.45, 2.75) is 12.8 Å². The summed E-state index contributed by atoms with van der Waals surface area (Å²) in [6.07, 6.45) is 2.78. The number of hydrogen-bond acceptors (Lipinski definition) is 1. The molecule has 0 unspecified atom stereocenters. The van der Waals surface area contributed by atoms with E-state index in [1.54, 1.807) is 0 Å². The van der Waals surface area contributed by atoms with Crippen LogP contribution in [0.1, 0.15) is 12.8 Å². The zero-order valence-electron chi connectivity index (χ0n) is 3.63. The molecular formula is C4H9CuN. The second-order valence-corrected chi connectivity index (χ2v) is 1.46.